The van der Waals surface area contributed by atoms with Crippen LogP contribution in [0.1, 0.15) is 44.1 Å². The summed E-state index contributed by atoms with van der Waals surface area (Å²) < 4.78 is 28.9. The summed E-state index contributed by atoms with van der Waals surface area (Å²) in [6.07, 6.45) is 6.81. The molecule has 0 amide bonds. The number of aryl methyl sites for hydroxylation is 1. The Balaban J connectivity index is 1.98. The third-order valence-corrected chi connectivity index (χ3v) is 7.49. The molecular weight excluding hydrogens is 350 g/mol. The minimum Gasteiger partial charge on any atom is -0.207 e. The molecule has 1 aromatic carbocycles. The lowest BCUT2D eigenvalue weighted by Crippen LogP contribution is -2.49. The topological polar surface area (TPSA) is 37.4 Å². The SMILES string of the molecule is Cc1ccc(Br)cc1S(=O)(=O)N1CCC[C@H]2CCCC[C@H]21. The Bertz CT molecular complexity index is 627. The van der Waals surface area contributed by atoms with E-state index in [1.54, 1.807) is 10.4 Å². The molecule has 1 aliphatic heterocycles. The van der Waals surface area contributed by atoms with Gasteiger partial charge in [-0.3, -0.25) is 0 Å². The highest BCUT2D eigenvalue weighted by molar-refractivity contribution is 9.10. The third kappa shape index (κ3) is 2.92. The standard InChI is InChI=1S/C16H22BrNO2S/c1-12-8-9-14(17)11-16(12)21(19,20)18-10-4-6-13-5-2-3-7-15(13)18/h8-9,11,13,15H,2-7,10H2,1H3/t13-,15-/m1/s1. The summed E-state index contributed by atoms with van der Waals surface area (Å²) in [5, 5.41) is 0. The summed E-state index contributed by atoms with van der Waals surface area (Å²) in [5.41, 5.74) is 0.830. The van der Waals surface area contributed by atoms with Crippen LogP contribution in [0.3, 0.4) is 0 Å². The fourth-order valence-corrected chi connectivity index (χ4v) is 6.38. The van der Waals surface area contributed by atoms with Crippen LogP contribution in [0.5, 0.6) is 0 Å². The van der Waals surface area contributed by atoms with Gasteiger partial charge >= 0.3 is 0 Å². The van der Waals surface area contributed by atoms with E-state index in [0.29, 0.717) is 17.4 Å². The van der Waals surface area contributed by atoms with Gasteiger partial charge in [0.05, 0.1) is 4.90 Å². The van der Waals surface area contributed by atoms with E-state index in [0.717, 1.165) is 29.3 Å². The third-order valence-electron chi connectivity index (χ3n) is 4.93. The number of hydrogen-bond acceptors (Lipinski definition) is 2. The highest BCUT2D eigenvalue weighted by Gasteiger charge is 2.40. The molecule has 5 heteroatoms. The fraction of sp³-hybridized carbons (Fsp3) is 0.625. The van der Waals surface area contributed by atoms with Gasteiger partial charge in [0.1, 0.15) is 0 Å². The van der Waals surface area contributed by atoms with Gasteiger partial charge in [0, 0.05) is 17.1 Å². The first-order chi connectivity index (χ1) is 10.00. The van der Waals surface area contributed by atoms with E-state index in [1.165, 1.54) is 19.3 Å². The lowest BCUT2D eigenvalue weighted by molar-refractivity contribution is 0.129. The Labute approximate surface area is 135 Å². The molecular formula is C16H22BrNO2S. The van der Waals surface area contributed by atoms with Gasteiger partial charge in [0.15, 0.2) is 0 Å². The van der Waals surface area contributed by atoms with Crippen molar-refractivity contribution in [1.29, 1.82) is 0 Å². The minimum atomic E-state index is -3.38. The second-order valence-electron chi connectivity index (χ2n) is 6.28. The minimum absolute atomic E-state index is 0.218. The monoisotopic (exact) mass is 371 g/mol. The summed E-state index contributed by atoms with van der Waals surface area (Å²) in [7, 11) is -3.38. The predicted molar refractivity (Wildman–Crippen MR) is 87.8 cm³/mol. The largest absolute Gasteiger partial charge is 0.243 e. The lowest BCUT2D eigenvalue weighted by atomic mass is 9.79. The number of nitrogens with zero attached hydrogens (tertiary/aromatic N) is 1. The van der Waals surface area contributed by atoms with Crippen LogP contribution in [0.25, 0.3) is 0 Å². The molecule has 2 aliphatic rings. The van der Waals surface area contributed by atoms with Crippen molar-refractivity contribution in [3.8, 4) is 0 Å². The van der Waals surface area contributed by atoms with E-state index in [4.69, 9.17) is 0 Å². The Morgan fingerprint density at radius 3 is 2.67 bits per heavy atom. The van der Waals surface area contributed by atoms with Crippen molar-refractivity contribution in [2.45, 2.75) is 56.4 Å². The molecule has 2 fully saturated rings. The molecule has 1 aliphatic carbocycles. The summed E-state index contributed by atoms with van der Waals surface area (Å²) in [6.45, 7) is 2.55. The van der Waals surface area contributed by atoms with Gasteiger partial charge in [-0.15, -0.1) is 0 Å². The molecule has 2 atom stereocenters. The fourth-order valence-electron chi connectivity index (χ4n) is 3.86. The molecule has 0 aromatic heterocycles. The zero-order chi connectivity index (χ0) is 15.0. The van der Waals surface area contributed by atoms with Crippen molar-refractivity contribution in [3.05, 3.63) is 28.2 Å². The Kier molecular flexibility index (Phi) is 4.44. The van der Waals surface area contributed by atoms with E-state index in [1.807, 2.05) is 19.1 Å². The van der Waals surface area contributed by atoms with Crippen LogP contribution in [0.2, 0.25) is 0 Å². The zero-order valence-corrected chi connectivity index (χ0v) is 14.8. The Morgan fingerprint density at radius 1 is 1.14 bits per heavy atom. The van der Waals surface area contributed by atoms with Gasteiger partial charge in [0.25, 0.3) is 0 Å². The molecule has 0 bridgehead atoms. The molecule has 21 heavy (non-hydrogen) atoms. The molecule has 1 saturated heterocycles. The van der Waals surface area contributed by atoms with Crippen molar-refractivity contribution < 1.29 is 8.42 Å². The van der Waals surface area contributed by atoms with E-state index >= 15 is 0 Å². The maximum atomic E-state index is 13.1. The van der Waals surface area contributed by atoms with Crippen LogP contribution in [0, 0.1) is 12.8 Å². The molecule has 1 heterocycles. The number of hydrogen-bond donors (Lipinski definition) is 0. The number of benzene rings is 1. The summed E-state index contributed by atoms with van der Waals surface area (Å²) in [6, 6.07) is 5.74. The number of piperidine rings is 1. The molecule has 3 nitrogen and oxygen atoms in total. The number of rotatable bonds is 2. The van der Waals surface area contributed by atoms with Crippen molar-refractivity contribution in [1.82, 2.24) is 4.31 Å². The first-order valence-corrected chi connectivity index (χ1v) is 10.0. The Morgan fingerprint density at radius 2 is 1.86 bits per heavy atom. The van der Waals surface area contributed by atoms with Crippen LogP contribution in [0.4, 0.5) is 0 Å². The quantitative estimate of drug-likeness (QED) is 0.784. The van der Waals surface area contributed by atoms with Crippen LogP contribution >= 0.6 is 15.9 Å². The van der Waals surface area contributed by atoms with Gasteiger partial charge in [-0.1, -0.05) is 34.8 Å². The molecule has 0 unspecified atom stereocenters. The van der Waals surface area contributed by atoms with Crippen molar-refractivity contribution >= 4 is 26.0 Å². The summed E-state index contributed by atoms with van der Waals surface area (Å²) >= 11 is 3.40. The maximum absolute atomic E-state index is 13.1. The van der Waals surface area contributed by atoms with Crippen LogP contribution in [-0.4, -0.2) is 25.3 Å². The second-order valence-corrected chi connectivity index (χ2v) is 9.05. The number of sulfonamides is 1. The summed E-state index contributed by atoms with van der Waals surface area (Å²) in [4.78, 5) is 0.461. The van der Waals surface area contributed by atoms with Crippen LogP contribution in [0.15, 0.2) is 27.6 Å². The van der Waals surface area contributed by atoms with Gasteiger partial charge < -0.3 is 0 Å². The van der Waals surface area contributed by atoms with Crippen molar-refractivity contribution in [2.24, 2.45) is 5.92 Å². The average molecular weight is 372 g/mol. The van der Waals surface area contributed by atoms with Gasteiger partial charge in [-0.05, 0) is 56.2 Å². The molecule has 3 rings (SSSR count). The first kappa shape index (κ1) is 15.5. The summed E-state index contributed by atoms with van der Waals surface area (Å²) in [5.74, 6) is 0.565. The molecule has 1 aromatic rings. The highest BCUT2D eigenvalue weighted by atomic mass is 79.9. The van der Waals surface area contributed by atoms with E-state index in [-0.39, 0.29) is 6.04 Å². The van der Waals surface area contributed by atoms with Gasteiger partial charge in [0.2, 0.25) is 10.0 Å². The first-order valence-electron chi connectivity index (χ1n) is 7.78. The lowest BCUT2D eigenvalue weighted by Gasteiger charge is -2.43. The smallest absolute Gasteiger partial charge is 0.207 e. The molecule has 0 spiro atoms. The zero-order valence-electron chi connectivity index (χ0n) is 12.4. The van der Waals surface area contributed by atoms with Crippen molar-refractivity contribution in [2.75, 3.05) is 6.54 Å². The number of fused-ring (bicyclic) bond motifs is 1. The molecule has 0 N–H and O–H groups in total. The van der Waals surface area contributed by atoms with Gasteiger partial charge in [-0.25, -0.2) is 8.42 Å². The van der Waals surface area contributed by atoms with E-state index < -0.39 is 10.0 Å². The number of halogens is 1. The van der Waals surface area contributed by atoms with E-state index in [9.17, 15) is 8.42 Å². The second kappa shape index (κ2) is 6.01. The van der Waals surface area contributed by atoms with Crippen molar-refractivity contribution in [3.63, 3.8) is 0 Å². The van der Waals surface area contributed by atoms with Gasteiger partial charge in [-0.2, -0.15) is 4.31 Å². The average Bonchev–Trinajstić information content (AvgIpc) is 2.49. The molecule has 1 saturated carbocycles. The van der Waals surface area contributed by atoms with Crippen LogP contribution in [-0.2, 0) is 10.0 Å². The molecule has 0 radical (unpaired) electrons. The molecule has 116 valence electrons. The Hall–Kier alpha value is -0.390. The highest BCUT2D eigenvalue weighted by Crippen LogP contribution is 2.38. The maximum Gasteiger partial charge on any atom is 0.243 e. The van der Waals surface area contributed by atoms with Crippen LogP contribution < -0.4 is 0 Å². The predicted octanol–water partition coefficient (Wildman–Crippen LogP) is 4.10. The van der Waals surface area contributed by atoms with E-state index in [2.05, 4.69) is 15.9 Å². The normalized spacial score (nSPS) is 27.3.